The standard InChI is InChI=1S/C16H20FN2O2S/c17-13-1-3-14(4-2-13)22(20,21)19-16-8-11-5-12(9-16)7-15(18,6-11)10-16/h1-4,11-12,18-19H,5-10H2. The Balaban J connectivity index is 1.64. The molecule has 4 fully saturated rings. The van der Waals surface area contributed by atoms with Crippen LogP contribution in [0.25, 0.3) is 0 Å². The van der Waals surface area contributed by atoms with Crippen LogP contribution in [-0.2, 0) is 10.0 Å². The Labute approximate surface area is 130 Å². The number of nitrogens with one attached hydrogen (secondary N) is 2. The smallest absolute Gasteiger partial charge is 0.241 e. The summed E-state index contributed by atoms with van der Waals surface area (Å²) in [6.45, 7) is 0. The number of benzene rings is 1. The molecule has 4 bridgehead atoms. The van der Waals surface area contributed by atoms with Crippen molar-refractivity contribution in [2.45, 2.75) is 54.5 Å². The molecule has 4 aliphatic carbocycles. The van der Waals surface area contributed by atoms with E-state index in [2.05, 4.69) is 4.72 Å². The molecule has 0 amide bonds. The highest BCUT2D eigenvalue weighted by atomic mass is 32.2. The Bertz CT molecular complexity index is 687. The van der Waals surface area contributed by atoms with Crippen LogP contribution in [-0.4, -0.2) is 19.5 Å². The molecule has 1 aromatic carbocycles. The largest absolute Gasteiger partial charge is 0.251 e. The Kier molecular flexibility index (Phi) is 3.00. The predicted molar refractivity (Wildman–Crippen MR) is 80.0 cm³/mol. The molecule has 0 spiro atoms. The molecule has 0 aromatic heterocycles. The number of hydrogen-bond donors (Lipinski definition) is 1. The van der Waals surface area contributed by atoms with Gasteiger partial charge in [0.15, 0.2) is 0 Å². The van der Waals surface area contributed by atoms with Crippen molar-refractivity contribution in [3.05, 3.63) is 30.1 Å². The highest BCUT2D eigenvalue weighted by molar-refractivity contribution is 7.89. The summed E-state index contributed by atoms with van der Waals surface area (Å²) < 4.78 is 41.2. The summed E-state index contributed by atoms with van der Waals surface area (Å²) in [5.74, 6) is 0.489. The highest BCUT2D eigenvalue weighted by Gasteiger charge is 2.57. The number of halogens is 1. The van der Waals surface area contributed by atoms with E-state index in [1.807, 2.05) is 0 Å². The van der Waals surface area contributed by atoms with Crippen LogP contribution in [0.5, 0.6) is 0 Å². The van der Waals surface area contributed by atoms with Gasteiger partial charge in [-0.15, -0.1) is 0 Å². The summed E-state index contributed by atoms with van der Waals surface area (Å²) in [4.78, 5) is 0.101. The van der Waals surface area contributed by atoms with Crippen molar-refractivity contribution in [2.24, 2.45) is 11.8 Å². The molecular formula is C16H20FN2O2S. The average Bonchev–Trinajstić information content (AvgIpc) is 2.34. The summed E-state index contributed by atoms with van der Waals surface area (Å²) in [6, 6.07) is 4.93. The second-order valence-electron chi connectivity index (χ2n) is 7.58. The molecule has 0 saturated heterocycles. The Morgan fingerprint density at radius 2 is 1.68 bits per heavy atom. The van der Waals surface area contributed by atoms with Gasteiger partial charge in [0, 0.05) is 11.1 Å². The average molecular weight is 323 g/mol. The molecule has 4 aliphatic rings. The van der Waals surface area contributed by atoms with Crippen molar-refractivity contribution in [3.63, 3.8) is 0 Å². The second-order valence-corrected chi connectivity index (χ2v) is 9.26. The minimum atomic E-state index is -3.67. The lowest BCUT2D eigenvalue weighted by Gasteiger charge is -2.60. The van der Waals surface area contributed by atoms with Crippen LogP contribution in [0.4, 0.5) is 4.39 Å². The third-order valence-electron chi connectivity index (χ3n) is 5.54. The monoisotopic (exact) mass is 323 g/mol. The molecule has 0 aliphatic heterocycles. The topological polar surface area (TPSA) is 70.0 Å². The van der Waals surface area contributed by atoms with Crippen molar-refractivity contribution < 1.29 is 12.8 Å². The van der Waals surface area contributed by atoms with Crippen LogP contribution in [0.1, 0.15) is 38.5 Å². The van der Waals surface area contributed by atoms with Gasteiger partial charge in [-0.2, -0.15) is 0 Å². The molecule has 22 heavy (non-hydrogen) atoms. The Hall–Kier alpha value is -0.980. The van der Waals surface area contributed by atoms with Crippen molar-refractivity contribution in [1.29, 1.82) is 0 Å². The summed E-state index contributed by atoms with van der Waals surface area (Å²) >= 11 is 0. The first-order valence-corrected chi connectivity index (χ1v) is 9.31. The van der Waals surface area contributed by atoms with Gasteiger partial charge in [0.25, 0.3) is 0 Å². The zero-order valence-corrected chi connectivity index (χ0v) is 13.1. The number of hydrogen-bond acceptors (Lipinski definition) is 2. The summed E-state index contributed by atoms with van der Waals surface area (Å²) in [6.07, 6.45) is 5.23. The van der Waals surface area contributed by atoms with E-state index in [0.29, 0.717) is 18.3 Å². The van der Waals surface area contributed by atoms with E-state index in [-0.39, 0.29) is 4.90 Å². The lowest BCUT2D eigenvalue weighted by atomic mass is 9.50. The molecule has 1 aromatic rings. The molecule has 5 rings (SSSR count). The maximum Gasteiger partial charge on any atom is 0.241 e. The van der Waals surface area contributed by atoms with E-state index in [9.17, 15) is 12.8 Å². The van der Waals surface area contributed by atoms with Crippen LogP contribution in [0, 0.1) is 17.7 Å². The summed E-state index contributed by atoms with van der Waals surface area (Å²) in [7, 11) is -3.67. The lowest BCUT2D eigenvalue weighted by molar-refractivity contribution is -0.0284. The van der Waals surface area contributed by atoms with Crippen molar-refractivity contribution in [2.75, 3.05) is 0 Å². The number of rotatable bonds is 3. The zero-order chi connectivity index (χ0) is 15.6. The molecule has 1 radical (unpaired) electrons. The third kappa shape index (κ3) is 2.37. The maximum atomic E-state index is 13.0. The van der Waals surface area contributed by atoms with Gasteiger partial charge in [-0.05, 0) is 74.6 Å². The molecule has 2 N–H and O–H groups in total. The molecule has 6 heteroatoms. The molecule has 2 unspecified atom stereocenters. The van der Waals surface area contributed by atoms with E-state index in [1.54, 1.807) is 0 Å². The highest BCUT2D eigenvalue weighted by Crippen LogP contribution is 2.57. The van der Waals surface area contributed by atoms with Crippen LogP contribution in [0.15, 0.2) is 29.2 Å². The quantitative estimate of drug-likeness (QED) is 0.928. The Morgan fingerprint density at radius 1 is 1.09 bits per heavy atom. The summed E-state index contributed by atoms with van der Waals surface area (Å²) in [5, 5.41) is 0. The first-order valence-electron chi connectivity index (χ1n) is 7.82. The zero-order valence-electron chi connectivity index (χ0n) is 12.3. The maximum absolute atomic E-state index is 13.0. The fraction of sp³-hybridized carbons (Fsp3) is 0.625. The van der Waals surface area contributed by atoms with E-state index < -0.39 is 26.9 Å². The molecular weight excluding hydrogens is 303 g/mol. The minimum absolute atomic E-state index is 0.101. The van der Waals surface area contributed by atoms with Crippen LogP contribution in [0.2, 0.25) is 0 Å². The van der Waals surface area contributed by atoms with Crippen LogP contribution in [0.3, 0.4) is 0 Å². The van der Waals surface area contributed by atoms with E-state index >= 15 is 0 Å². The normalized spacial score (nSPS) is 40.1. The Morgan fingerprint density at radius 3 is 2.23 bits per heavy atom. The van der Waals surface area contributed by atoms with Gasteiger partial charge in [0.2, 0.25) is 10.0 Å². The molecule has 4 nitrogen and oxygen atoms in total. The van der Waals surface area contributed by atoms with Gasteiger partial charge < -0.3 is 0 Å². The molecule has 2 atom stereocenters. The van der Waals surface area contributed by atoms with Gasteiger partial charge in [0.1, 0.15) is 5.82 Å². The van der Waals surface area contributed by atoms with Crippen molar-refractivity contribution >= 4 is 10.0 Å². The number of sulfonamides is 1. The fourth-order valence-corrected chi connectivity index (χ4v) is 6.76. The van der Waals surface area contributed by atoms with E-state index in [0.717, 1.165) is 32.1 Å². The molecule has 0 heterocycles. The van der Waals surface area contributed by atoms with Gasteiger partial charge in [-0.25, -0.2) is 17.5 Å². The molecule has 119 valence electrons. The van der Waals surface area contributed by atoms with Crippen molar-refractivity contribution in [1.82, 2.24) is 10.5 Å². The van der Waals surface area contributed by atoms with E-state index in [1.165, 1.54) is 24.3 Å². The predicted octanol–water partition coefficient (Wildman–Crippen LogP) is 2.48. The minimum Gasteiger partial charge on any atom is -0.251 e. The van der Waals surface area contributed by atoms with E-state index in [4.69, 9.17) is 5.73 Å². The fourth-order valence-electron chi connectivity index (χ4n) is 5.34. The first kappa shape index (κ1) is 14.6. The van der Waals surface area contributed by atoms with Gasteiger partial charge in [-0.3, -0.25) is 5.73 Å². The SMILES string of the molecule is [NH]C12CC3CC(C1)CC(NS(=O)(=O)c1ccc(F)cc1)(C3)C2. The van der Waals surface area contributed by atoms with Gasteiger partial charge in [-0.1, -0.05) is 0 Å². The van der Waals surface area contributed by atoms with Gasteiger partial charge >= 0.3 is 0 Å². The van der Waals surface area contributed by atoms with Crippen LogP contribution < -0.4 is 10.5 Å². The summed E-state index contributed by atoms with van der Waals surface area (Å²) in [5.41, 5.74) is 7.66. The first-order chi connectivity index (χ1) is 10.3. The third-order valence-corrected chi connectivity index (χ3v) is 7.13. The second kappa shape index (κ2) is 4.52. The van der Waals surface area contributed by atoms with Crippen molar-refractivity contribution in [3.8, 4) is 0 Å². The lowest BCUT2D eigenvalue weighted by Crippen LogP contribution is -2.65. The van der Waals surface area contributed by atoms with Crippen LogP contribution >= 0.6 is 0 Å². The van der Waals surface area contributed by atoms with Gasteiger partial charge in [0.05, 0.1) is 4.90 Å². The molecule has 4 saturated carbocycles.